The van der Waals surface area contributed by atoms with Gasteiger partial charge in [0.2, 0.25) is 0 Å². The van der Waals surface area contributed by atoms with E-state index in [4.69, 9.17) is 4.74 Å². The third-order valence-electron chi connectivity index (χ3n) is 6.21. The second-order valence-corrected chi connectivity index (χ2v) is 7.40. The molecule has 4 saturated carbocycles. The third-order valence-corrected chi connectivity index (χ3v) is 6.21. The van der Waals surface area contributed by atoms with E-state index in [1.54, 1.807) is 0 Å². The van der Waals surface area contributed by atoms with Crippen molar-refractivity contribution in [3.8, 4) is 5.75 Å². The number of benzene rings is 1. The monoisotopic (exact) mass is 270 g/mol. The van der Waals surface area contributed by atoms with Crippen LogP contribution in [-0.4, -0.2) is 11.2 Å². The minimum absolute atomic E-state index is 0.247. The zero-order valence-corrected chi connectivity index (χ0v) is 11.7. The number of rotatable bonds is 4. The highest BCUT2D eigenvalue weighted by Crippen LogP contribution is 2.72. The van der Waals surface area contributed by atoms with Crippen LogP contribution in [0.2, 0.25) is 0 Å². The summed E-state index contributed by atoms with van der Waals surface area (Å²) in [5.41, 5.74) is 1.09. The van der Waals surface area contributed by atoms with E-state index in [9.17, 15) is 5.11 Å². The lowest BCUT2D eigenvalue weighted by Crippen LogP contribution is -2.08. The summed E-state index contributed by atoms with van der Waals surface area (Å²) in [6.07, 6.45) is 6.88. The van der Waals surface area contributed by atoms with Gasteiger partial charge in [0.05, 0.1) is 12.2 Å². The average molecular weight is 270 g/mol. The van der Waals surface area contributed by atoms with Crippen LogP contribution in [0.5, 0.6) is 5.75 Å². The smallest absolute Gasteiger partial charge is 0.119 e. The Morgan fingerprint density at radius 2 is 1.60 bits per heavy atom. The lowest BCUT2D eigenvalue weighted by atomic mass is 9.95. The maximum atomic E-state index is 10.7. The zero-order chi connectivity index (χ0) is 13.3. The van der Waals surface area contributed by atoms with Gasteiger partial charge in [-0.3, -0.25) is 0 Å². The molecule has 106 valence electrons. The van der Waals surface area contributed by atoms with Crippen LogP contribution >= 0.6 is 0 Å². The largest absolute Gasteiger partial charge is 0.490 e. The molecule has 0 spiro atoms. The number of ether oxygens (including phenoxy) is 1. The molecule has 20 heavy (non-hydrogen) atoms. The highest BCUT2D eigenvalue weighted by Gasteiger charge is 2.66. The van der Waals surface area contributed by atoms with Crippen molar-refractivity contribution in [2.75, 3.05) is 0 Å². The summed E-state index contributed by atoms with van der Waals surface area (Å²) < 4.78 is 5.77. The summed E-state index contributed by atoms with van der Waals surface area (Å²) in [6.45, 7) is 0. The second-order valence-electron chi connectivity index (χ2n) is 7.40. The molecular weight excluding hydrogens is 248 g/mol. The molecule has 0 aliphatic heterocycles. The predicted molar refractivity (Wildman–Crippen MR) is 76.4 cm³/mol. The lowest BCUT2D eigenvalue weighted by molar-refractivity contribution is 0.130. The number of fused-ring (bicyclic) bond motifs is 5. The van der Waals surface area contributed by atoms with Gasteiger partial charge in [-0.25, -0.2) is 0 Å². The van der Waals surface area contributed by atoms with Crippen LogP contribution in [0.25, 0.3) is 0 Å². The van der Waals surface area contributed by atoms with Crippen LogP contribution in [0.3, 0.4) is 0 Å². The molecule has 4 aliphatic carbocycles. The Bertz CT molecular complexity index is 503. The molecule has 2 nitrogen and oxygen atoms in total. The fraction of sp³-hybridized carbons (Fsp3) is 0.667. The first kappa shape index (κ1) is 11.6. The van der Waals surface area contributed by atoms with Gasteiger partial charge in [-0.2, -0.15) is 0 Å². The van der Waals surface area contributed by atoms with Gasteiger partial charge in [-0.1, -0.05) is 12.1 Å². The maximum absolute atomic E-state index is 10.7. The number of hydrogen-bond donors (Lipinski definition) is 1. The summed E-state index contributed by atoms with van der Waals surface area (Å²) in [5.74, 6) is 5.05. The quantitative estimate of drug-likeness (QED) is 0.906. The maximum Gasteiger partial charge on any atom is 0.119 e. The molecular formula is C18H22O2. The van der Waals surface area contributed by atoms with Crippen molar-refractivity contribution in [1.82, 2.24) is 0 Å². The summed E-state index contributed by atoms with van der Waals surface area (Å²) in [4.78, 5) is 0. The fourth-order valence-electron chi connectivity index (χ4n) is 5.16. The second kappa shape index (κ2) is 4.00. The molecule has 0 aromatic heterocycles. The molecule has 1 aromatic carbocycles. The van der Waals surface area contributed by atoms with Crippen molar-refractivity contribution in [1.29, 1.82) is 0 Å². The van der Waals surface area contributed by atoms with Crippen molar-refractivity contribution in [2.24, 2.45) is 29.6 Å². The van der Waals surface area contributed by atoms with Gasteiger partial charge in [0.1, 0.15) is 5.75 Å². The first-order valence-electron chi connectivity index (χ1n) is 8.26. The molecule has 5 unspecified atom stereocenters. The van der Waals surface area contributed by atoms with E-state index >= 15 is 0 Å². The molecule has 0 radical (unpaired) electrons. The van der Waals surface area contributed by atoms with Gasteiger partial charge in [-0.05, 0) is 79.4 Å². The Balaban J connectivity index is 1.30. The van der Waals surface area contributed by atoms with Crippen molar-refractivity contribution in [3.63, 3.8) is 0 Å². The van der Waals surface area contributed by atoms with E-state index in [1.165, 1.54) is 32.1 Å². The van der Waals surface area contributed by atoms with E-state index < -0.39 is 0 Å². The Morgan fingerprint density at radius 1 is 0.950 bits per heavy atom. The minimum Gasteiger partial charge on any atom is -0.490 e. The zero-order valence-electron chi connectivity index (χ0n) is 11.7. The number of aliphatic hydroxyl groups excluding tert-OH is 1. The summed E-state index contributed by atoms with van der Waals surface area (Å²) in [7, 11) is 0. The van der Waals surface area contributed by atoms with Crippen molar-refractivity contribution in [3.05, 3.63) is 29.8 Å². The summed E-state index contributed by atoms with van der Waals surface area (Å²) >= 11 is 0. The molecule has 4 aliphatic rings. The molecule has 2 heteroatoms. The van der Waals surface area contributed by atoms with Gasteiger partial charge >= 0.3 is 0 Å². The molecule has 1 aromatic rings. The van der Waals surface area contributed by atoms with Crippen LogP contribution in [0.15, 0.2) is 24.3 Å². The molecule has 5 rings (SSSR count). The van der Waals surface area contributed by atoms with Crippen molar-refractivity contribution in [2.45, 2.75) is 44.3 Å². The Hall–Kier alpha value is -1.02. The van der Waals surface area contributed by atoms with Crippen LogP contribution in [0, 0.1) is 29.6 Å². The SMILES string of the molecule is OC(c1ccc(OC2CC2)cc1)C1C2C3CCC(C3)C21. The highest BCUT2D eigenvalue weighted by molar-refractivity contribution is 5.31. The normalized spacial score (nSPS) is 42.4. The first-order valence-corrected chi connectivity index (χ1v) is 8.26. The fourth-order valence-corrected chi connectivity index (χ4v) is 5.16. The van der Waals surface area contributed by atoms with Gasteiger partial charge in [0.15, 0.2) is 0 Å². The van der Waals surface area contributed by atoms with Gasteiger partial charge in [0.25, 0.3) is 0 Å². The average Bonchev–Trinajstić information content (AvgIpc) is 3.37. The van der Waals surface area contributed by atoms with E-state index in [0.29, 0.717) is 12.0 Å². The van der Waals surface area contributed by atoms with E-state index in [1.807, 2.05) is 12.1 Å². The van der Waals surface area contributed by atoms with Gasteiger partial charge < -0.3 is 9.84 Å². The number of hydrogen-bond acceptors (Lipinski definition) is 2. The Morgan fingerprint density at radius 3 is 2.20 bits per heavy atom. The molecule has 0 saturated heterocycles. The molecule has 5 atom stereocenters. The van der Waals surface area contributed by atoms with Crippen molar-refractivity contribution < 1.29 is 9.84 Å². The van der Waals surface area contributed by atoms with Crippen LogP contribution in [-0.2, 0) is 0 Å². The third kappa shape index (κ3) is 1.67. The molecule has 0 heterocycles. The molecule has 4 fully saturated rings. The van der Waals surface area contributed by atoms with E-state index in [2.05, 4.69) is 12.1 Å². The van der Waals surface area contributed by atoms with Crippen molar-refractivity contribution >= 4 is 0 Å². The van der Waals surface area contributed by atoms with Crippen LogP contribution in [0.4, 0.5) is 0 Å². The molecule has 2 bridgehead atoms. The topological polar surface area (TPSA) is 29.5 Å². The van der Waals surface area contributed by atoms with Gasteiger partial charge in [0, 0.05) is 0 Å². The highest BCUT2D eigenvalue weighted by atomic mass is 16.5. The van der Waals surface area contributed by atoms with Crippen LogP contribution in [0.1, 0.15) is 43.8 Å². The standard InChI is InChI=1S/C18H22O2/c19-18(17-15-11-1-2-12(9-11)16(15)17)10-3-5-13(6-4-10)20-14-7-8-14/h3-6,11-12,14-19H,1-2,7-9H2. The predicted octanol–water partition coefficient (Wildman–Crippen LogP) is 3.55. The van der Waals surface area contributed by atoms with E-state index in [0.717, 1.165) is 35.0 Å². The molecule has 1 N–H and O–H groups in total. The lowest BCUT2D eigenvalue weighted by Gasteiger charge is -2.16. The Labute approximate surface area is 120 Å². The van der Waals surface area contributed by atoms with Gasteiger partial charge in [-0.15, -0.1) is 0 Å². The minimum atomic E-state index is -0.247. The molecule has 0 amide bonds. The first-order chi connectivity index (χ1) is 9.81. The van der Waals surface area contributed by atoms with E-state index in [-0.39, 0.29) is 6.10 Å². The van der Waals surface area contributed by atoms with Crippen LogP contribution < -0.4 is 4.74 Å². The summed E-state index contributed by atoms with van der Waals surface area (Å²) in [5, 5.41) is 10.7. The summed E-state index contributed by atoms with van der Waals surface area (Å²) in [6, 6.07) is 8.20. The number of aliphatic hydroxyl groups is 1. The Kier molecular flexibility index (Phi) is 2.33.